The zero-order chi connectivity index (χ0) is 21.8. The zero-order valence-corrected chi connectivity index (χ0v) is 16.7. The van der Waals surface area contributed by atoms with Crippen LogP contribution in [0.2, 0.25) is 0 Å². The van der Waals surface area contributed by atoms with Crippen LogP contribution in [-0.2, 0) is 16.1 Å². The number of nitrogens with zero attached hydrogens (tertiary/aromatic N) is 1. The average Bonchev–Trinajstić information content (AvgIpc) is 3.41. The molecule has 0 unspecified atom stereocenters. The van der Waals surface area contributed by atoms with Crippen LogP contribution in [0.4, 0.5) is 0 Å². The SMILES string of the molecule is C1=C(c2ccc3occc3c2)CCN(Cc2coc3ccccc23)C1.O=C(O)C(=O)O. The molecule has 7 nitrogen and oxygen atoms in total. The van der Waals surface area contributed by atoms with Gasteiger partial charge in [-0.05, 0) is 41.8 Å². The van der Waals surface area contributed by atoms with E-state index in [1.165, 1.54) is 27.5 Å². The molecule has 0 amide bonds. The second-order valence-electron chi connectivity index (χ2n) is 7.26. The number of carboxylic acids is 2. The Hall–Kier alpha value is -3.84. The van der Waals surface area contributed by atoms with Crippen LogP contribution in [-0.4, -0.2) is 40.1 Å². The van der Waals surface area contributed by atoms with Gasteiger partial charge >= 0.3 is 11.9 Å². The van der Waals surface area contributed by atoms with Crippen LogP contribution in [0.15, 0.2) is 76.0 Å². The standard InChI is InChI=1S/C22H19NO2.C2H2O4/c1-2-4-22-20(3-1)19(15-25-22)14-23-10-7-16(8-11-23)17-5-6-21-18(13-17)9-12-24-21;3-1(4)2(5)6/h1-7,9,12-13,15H,8,10-11,14H2;(H,3,4)(H,5,6). The molecule has 0 radical (unpaired) electrons. The molecule has 0 aliphatic carbocycles. The second-order valence-corrected chi connectivity index (χ2v) is 7.26. The van der Waals surface area contributed by atoms with E-state index in [1.54, 1.807) is 6.26 Å². The van der Waals surface area contributed by atoms with Crippen molar-refractivity contribution in [3.8, 4) is 0 Å². The van der Waals surface area contributed by atoms with E-state index in [0.29, 0.717) is 0 Å². The molecule has 0 fully saturated rings. The molecule has 2 aromatic heterocycles. The summed E-state index contributed by atoms with van der Waals surface area (Å²) in [6.07, 6.45) is 7.07. The molecule has 5 rings (SSSR count). The Balaban J connectivity index is 0.000000342. The Morgan fingerprint density at radius 2 is 1.77 bits per heavy atom. The van der Waals surface area contributed by atoms with Gasteiger partial charge in [-0.1, -0.05) is 30.3 Å². The lowest BCUT2D eigenvalue weighted by Gasteiger charge is -2.26. The third-order valence-corrected chi connectivity index (χ3v) is 5.25. The van der Waals surface area contributed by atoms with Gasteiger partial charge in [-0.3, -0.25) is 4.90 Å². The fourth-order valence-corrected chi connectivity index (χ4v) is 3.68. The van der Waals surface area contributed by atoms with Crippen molar-refractivity contribution in [2.45, 2.75) is 13.0 Å². The maximum absolute atomic E-state index is 9.10. The van der Waals surface area contributed by atoms with Gasteiger partial charge < -0.3 is 19.0 Å². The second kappa shape index (κ2) is 8.89. The van der Waals surface area contributed by atoms with Crippen molar-refractivity contribution < 1.29 is 28.6 Å². The van der Waals surface area contributed by atoms with E-state index in [4.69, 9.17) is 28.6 Å². The van der Waals surface area contributed by atoms with Crippen LogP contribution in [0.1, 0.15) is 17.5 Å². The van der Waals surface area contributed by atoms with Gasteiger partial charge in [-0.25, -0.2) is 9.59 Å². The lowest BCUT2D eigenvalue weighted by molar-refractivity contribution is -0.159. The normalized spacial score (nSPS) is 14.1. The monoisotopic (exact) mass is 419 g/mol. The maximum Gasteiger partial charge on any atom is 0.414 e. The number of furan rings is 2. The lowest BCUT2D eigenvalue weighted by Crippen LogP contribution is -2.27. The molecule has 0 saturated carbocycles. The number of hydrogen-bond acceptors (Lipinski definition) is 5. The number of para-hydroxylation sites is 1. The van der Waals surface area contributed by atoms with Crippen LogP contribution < -0.4 is 0 Å². The Morgan fingerprint density at radius 3 is 2.52 bits per heavy atom. The van der Waals surface area contributed by atoms with Gasteiger partial charge in [0.05, 0.1) is 12.5 Å². The van der Waals surface area contributed by atoms with E-state index in [1.807, 2.05) is 24.5 Å². The van der Waals surface area contributed by atoms with Crippen molar-refractivity contribution in [3.63, 3.8) is 0 Å². The van der Waals surface area contributed by atoms with E-state index in [-0.39, 0.29) is 0 Å². The fourth-order valence-electron chi connectivity index (χ4n) is 3.68. The van der Waals surface area contributed by atoms with Gasteiger partial charge in [0.25, 0.3) is 0 Å². The number of carbonyl (C=O) groups is 2. The van der Waals surface area contributed by atoms with Crippen molar-refractivity contribution in [2.75, 3.05) is 13.1 Å². The van der Waals surface area contributed by atoms with E-state index in [0.717, 1.165) is 37.2 Å². The molecule has 1 aliphatic heterocycles. The van der Waals surface area contributed by atoms with Crippen molar-refractivity contribution in [3.05, 3.63) is 78.3 Å². The van der Waals surface area contributed by atoms with Crippen LogP contribution in [0.25, 0.3) is 27.5 Å². The minimum Gasteiger partial charge on any atom is -0.473 e. The highest BCUT2D eigenvalue weighted by atomic mass is 16.4. The first kappa shape index (κ1) is 20.4. The summed E-state index contributed by atoms with van der Waals surface area (Å²) in [5.74, 6) is -3.65. The summed E-state index contributed by atoms with van der Waals surface area (Å²) < 4.78 is 11.1. The molecule has 0 bridgehead atoms. The molecular formula is C24H21NO6. The number of aliphatic carboxylic acids is 2. The summed E-state index contributed by atoms with van der Waals surface area (Å²) in [5.41, 5.74) is 5.93. The summed E-state index contributed by atoms with van der Waals surface area (Å²) in [5, 5.41) is 17.2. The smallest absolute Gasteiger partial charge is 0.414 e. The molecule has 4 aromatic rings. The Bertz CT molecular complexity index is 1250. The summed E-state index contributed by atoms with van der Waals surface area (Å²) >= 11 is 0. The Labute approximate surface area is 177 Å². The lowest BCUT2D eigenvalue weighted by atomic mass is 9.98. The highest BCUT2D eigenvalue weighted by Crippen LogP contribution is 2.28. The number of carboxylic acid groups (broad SMARTS) is 2. The maximum atomic E-state index is 9.10. The molecule has 2 aromatic carbocycles. The fraction of sp³-hybridized carbons (Fsp3) is 0.167. The van der Waals surface area contributed by atoms with Gasteiger partial charge in [-0.15, -0.1) is 0 Å². The van der Waals surface area contributed by atoms with E-state index in [2.05, 4.69) is 41.3 Å². The van der Waals surface area contributed by atoms with Crippen LogP contribution in [0.3, 0.4) is 0 Å². The van der Waals surface area contributed by atoms with Crippen molar-refractivity contribution in [1.82, 2.24) is 4.90 Å². The zero-order valence-electron chi connectivity index (χ0n) is 16.7. The first-order chi connectivity index (χ1) is 15.0. The van der Waals surface area contributed by atoms with Gasteiger partial charge in [0, 0.05) is 36.0 Å². The molecule has 158 valence electrons. The van der Waals surface area contributed by atoms with Crippen LogP contribution in [0.5, 0.6) is 0 Å². The molecular weight excluding hydrogens is 398 g/mol. The van der Waals surface area contributed by atoms with Crippen molar-refractivity contribution in [1.29, 1.82) is 0 Å². The van der Waals surface area contributed by atoms with Crippen molar-refractivity contribution in [2.24, 2.45) is 0 Å². The molecule has 1 aliphatic rings. The molecule has 31 heavy (non-hydrogen) atoms. The van der Waals surface area contributed by atoms with E-state index in [9.17, 15) is 0 Å². The number of fused-ring (bicyclic) bond motifs is 2. The minimum atomic E-state index is -1.82. The highest BCUT2D eigenvalue weighted by molar-refractivity contribution is 6.27. The Morgan fingerprint density at radius 1 is 0.968 bits per heavy atom. The molecule has 7 heteroatoms. The molecule has 2 N–H and O–H groups in total. The topological polar surface area (TPSA) is 104 Å². The molecule has 0 spiro atoms. The van der Waals surface area contributed by atoms with Gasteiger partial charge in [-0.2, -0.15) is 0 Å². The third kappa shape index (κ3) is 4.67. The molecule has 0 atom stereocenters. The first-order valence-electron chi connectivity index (χ1n) is 9.81. The quantitative estimate of drug-likeness (QED) is 0.467. The summed E-state index contributed by atoms with van der Waals surface area (Å²) in [6, 6.07) is 16.7. The van der Waals surface area contributed by atoms with Gasteiger partial charge in [0.15, 0.2) is 0 Å². The number of hydrogen-bond donors (Lipinski definition) is 2. The number of benzene rings is 2. The third-order valence-electron chi connectivity index (χ3n) is 5.25. The number of rotatable bonds is 3. The first-order valence-corrected chi connectivity index (χ1v) is 9.81. The molecule has 0 saturated heterocycles. The van der Waals surface area contributed by atoms with E-state index >= 15 is 0 Å². The largest absolute Gasteiger partial charge is 0.473 e. The summed E-state index contributed by atoms with van der Waals surface area (Å²) in [4.78, 5) is 20.7. The molecule has 3 heterocycles. The summed E-state index contributed by atoms with van der Waals surface area (Å²) in [6.45, 7) is 2.97. The van der Waals surface area contributed by atoms with Crippen molar-refractivity contribution >= 4 is 39.5 Å². The minimum absolute atomic E-state index is 0.932. The Kier molecular flexibility index (Phi) is 5.86. The van der Waals surface area contributed by atoms with Crippen LogP contribution >= 0.6 is 0 Å². The van der Waals surface area contributed by atoms with E-state index < -0.39 is 11.9 Å². The van der Waals surface area contributed by atoms with Gasteiger partial charge in [0.1, 0.15) is 11.2 Å². The predicted octanol–water partition coefficient (Wildman–Crippen LogP) is 4.62. The summed E-state index contributed by atoms with van der Waals surface area (Å²) in [7, 11) is 0. The van der Waals surface area contributed by atoms with Crippen LogP contribution in [0, 0.1) is 0 Å². The predicted molar refractivity (Wildman–Crippen MR) is 116 cm³/mol. The van der Waals surface area contributed by atoms with Gasteiger partial charge in [0.2, 0.25) is 0 Å². The average molecular weight is 419 g/mol. The highest BCUT2D eigenvalue weighted by Gasteiger charge is 2.16.